The van der Waals surface area contributed by atoms with Gasteiger partial charge in [0, 0.05) is 30.4 Å². The first-order valence-corrected chi connectivity index (χ1v) is 9.06. The third-order valence-electron chi connectivity index (χ3n) is 4.51. The van der Waals surface area contributed by atoms with E-state index in [1.165, 1.54) is 0 Å². The largest absolute Gasteiger partial charge is 0.386 e. The zero-order valence-electron chi connectivity index (χ0n) is 14.7. The average Bonchev–Trinajstić information content (AvgIpc) is 2.64. The van der Waals surface area contributed by atoms with Crippen molar-refractivity contribution in [3.63, 3.8) is 0 Å². The molecule has 1 saturated heterocycles. The topological polar surface area (TPSA) is 86.5 Å². The fourth-order valence-electron chi connectivity index (χ4n) is 2.91. The molecule has 1 unspecified atom stereocenters. The van der Waals surface area contributed by atoms with Crippen LogP contribution >= 0.6 is 11.6 Å². The smallest absolute Gasteiger partial charge is 0.227 e. The second kappa shape index (κ2) is 8.96. The fourth-order valence-corrected chi connectivity index (χ4v) is 3.16. The number of halogens is 1. The zero-order valence-corrected chi connectivity index (χ0v) is 15.5. The molecule has 6 nitrogen and oxygen atoms in total. The van der Waals surface area contributed by atoms with Gasteiger partial charge in [-0.2, -0.15) is 5.26 Å². The number of aliphatic hydroxyl groups is 1. The minimum absolute atomic E-state index is 0.106. The van der Waals surface area contributed by atoms with Crippen LogP contribution < -0.4 is 0 Å². The third kappa shape index (κ3) is 5.04. The van der Waals surface area contributed by atoms with E-state index in [2.05, 4.69) is 4.98 Å². The van der Waals surface area contributed by atoms with Crippen molar-refractivity contribution in [3.05, 3.63) is 64.4 Å². The highest BCUT2D eigenvalue weighted by atomic mass is 35.5. The molecule has 0 radical (unpaired) electrons. The van der Waals surface area contributed by atoms with Gasteiger partial charge in [-0.05, 0) is 23.8 Å². The van der Waals surface area contributed by atoms with E-state index >= 15 is 0 Å². The SMILES string of the molecule is N#Cc1ccc(CC(=O)N(CC2COC2)CC(O)c2cccnc2)cc1Cl. The Morgan fingerprint density at radius 2 is 2.26 bits per heavy atom. The van der Waals surface area contributed by atoms with Gasteiger partial charge in [-0.3, -0.25) is 9.78 Å². The van der Waals surface area contributed by atoms with Gasteiger partial charge in [0.25, 0.3) is 0 Å². The number of carbonyl (C=O) groups excluding carboxylic acids is 1. The molecule has 7 heteroatoms. The summed E-state index contributed by atoms with van der Waals surface area (Å²) in [5, 5.41) is 19.8. The summed E-state index contributed by atoms with van der Waals surface area (Å²) < 4.78 is 5.21. The monoisotopic (exact) mass is 385 g/mol. The predicted molar refractivity (Wildman–Crippen MR) is 100.0 cm³/mol. The molecule has 0 aliphatic carbocycles. The maximum Gasteiger partial charge on any atom is 0.227 e. The lowest BCUT2D eigenvalue weighted by molar-refractivity contribution is -0.135. The van der Waals surface area contributed by atoms with Crippen LogP contribution in [0.15, 0.2) is 42.7 Å². The number of pyridine rings is 1. The lowest BCUT2D eigenvalue weighted by atomic mass is 10.0. The van der Waals surface area contributed by atoms with Crippen LogP contribution in [0.1, 0.15) is 22.8 Å². The van der Waals surface area contributed by atoms with Gasteiger partial charge < -0.3 is 14.7 Å². The molecule has 2 heterocycles. The van der Waals surface area contributed by atoms with E-state index in [1.54, 1.807) is 47.6 Å². The third-order valence-corrected chi connectivity index (χ3v) is 4.82. The Balaban J connectivity index is 1.70. The number of hydrogen-bond donors (Lipinski definition) is 1. The van der Waals surface area contributed by atoms with Crippen LogP contribution in [-0.4, -0.2) is 47.2 Å². The van der Waals surface area contributed by atoms with Gasteiger partial charge in [0.2, 0.25) is 5.91 Å². The van der Waals surface area contributed by atoms with Crippen molar-refractivity contribution >= 4 is 17.5 Å². The van der Waals surface area contributed by atoms with E-state index < -0.39 is 6.10 Å². The van der Waals surface area contributed by atoms with E-state index in [9.17, 15) is 9.90 Å². The lowest BCUT2D eigenvalue weighted by Crippen LogP contribution is -2.44. The molecule has 0 spiro atoms. The van der Waals surface area contributed by atoms with Gasteiger partial charge in [0.15, 0.2) is 0 Å². The first-order valence-electron chi connectivity index (χ1n) is 8.69. The summed E-state index contributed by atoms with van der Waals surface area (Å²) in [5.74, 6) is 0.171. The Labute approximate surface area is 163 Å². The van der Waals surface area contributed by atoms with Crippen molar-refractivity contribution in [1.82, 2.24) is 9.88 Å². The molecule has 1 amide bonds. The molecular weight excluding hydrogens is 366 g/mol. The normalized spacial score (nSPS) is 14.9. The van der Waals surface area contributed by atoms with Crippen molar-refractivity contribution < 1.29 is 14.6 Å². The summed E-state index contributed by atoms with van der Waals surface area (Å²) in [7, 11) is 0. The quantitative estimate of drug-likeness (QED) is 0.790. The van der Waals surface area contributed by atoms with Crippen LogP contribution in [0.2, 0.25) is 5.02 Å². The number of nitrogens with zero attached hydrogens (tertiary/aromatic N) is 3. The lowest BCUT2D eigenvalue weighted by Gasteiger charge is -2.33. The van der Waals surface area contributed by atoms with Gasteiger partial charge >= 0.3 is 0 Å². The number of carbonyl (C=O) groups is 1. The van der Waals surface area contributed by atoms with E-state index in [0.29, 0.717) is 35.9 Å². The Hall–Kier alpha value is -2.46. The van der Waals surface area contributed by atoms with E-state index in [0.717, 1.165) is 5.56 Å². The molecular formula is C20H20ClN3O3. The summed E-state index contributed by atoms with van der Waals surface area (Å²) in [4.78, 5) is 18.6. The standard InChI is InChI=1S/C20H20ClN3O3/c21-18-6-14(3-4-16(18)8-22)7-20(26)24(10-15-12-27-13-15)11-19(25)17-2-1-5-23-9-17/h1-6,9,15,19,25H,7,10-13H2. The Bertz CT molecular complexity index is 834. The minimum Gasteiger partial charge on any atom is -0.386 e. The summed E-state index contributed by atoms with van der Waals surface area (Å²) in [5.41, 5.74) is 1.78. The van der Waals surface area contributed by atoms with Crippen LogP contribution in [0.4, 0.5) is 0 Å². The molecule has 0 saturated carbocycles. The fraction of sp³-hybridized carbons (Fsp3) is 0.350. The highest BCUT2D eigenvalue weighted by Gasteiger charge is 2.26. The van der Waals surface area contributed by atoms with Crippen LogP contribution in [0.5, 0.6) is 0 Å². The number of hydrogen-bond acceptors (Lipinski definition) is 5. The van der Waals surface area contributed by atoms with Gasteiger partial charge in [0.1, 0.15) is 6.07 Å². The van der Waals surface area contributed by atoms with Crippen LogP contribution in [0.25, 0.3) is 0 Å². The van der Waals surface area contributed by atoms with Crippen LogP contribution in [-0.2, 0) is 16.0 Å². The number of benzene rings is 1. The number of rotatable bonds is 7. The number of aliphatic hydroxyl groups excluding tert-OH is 1. The number of ether oxygens (including phenoxy) is 1. The van der Waals surface area contributed by atoms with E-state index in [-0.39, 0.29) is 24.8 Å². The number of nitriles is 1. The van der Waals surface area contributed by atoms with E-state index in [1.807, 2.05) is 6.07 Å². The van der Waals surface area contributed by atoms with Crippen LogP contribution in [0, 0.1) is 17.2 Å². The molecule has 1 atom stereocenters. The second-order valence-corrected chi connectivity index (χ2v) is 7.01. The van der Waals surface area contributed by atoms with E-state index in [4.69, 9.17) is 21.6 Å². The molecule has 3 rings (SSSR count). The molecule has 140 valence electrons. The van der Waals surface area contributed by atoms with Gasteiger partial charge in [-0.15, -0.1) is 0 Å². The highest BCUT2D eigenvalue weighted by molar-refractivity contribution is 6.31. The second-order valence-electron chi connectivity index (χ2n) is 6.61. The van der Waals surface area contributed by atoms with Gasteiger partial charge in [0.05, 0.1) is 42.9 Å². The molecule has 0 bridgehead atoms. The van der Waals surface area contributed by atoms with Gasteiger partial charge in [-0.1, -0.05) is 23.7 Å². The van der Waals surface area contributed by atoms with Crippen molar-refractivity contribution in [1.29, 1.82) is 5.26 Å². The maximum atomic E-state index is 12.9. The van der Waals surface area contributed by atoms with Crippen molar-refractivity contribution in [2.75, 3.05) is 26.3 Å². The number of aromatic nitrogens is 1. The van der Waals surface area contributed by atoms with Crippen molar-refractivity contribution in [3.8, 4) is 6.07 Å². The Morgan fingerprint density at radius 1 is 1.44 bits per heavy atom. The molecule has 27 heavy (non-hydrogen) atoms. The molecule has 1 aromatic carbocycles. The van der Waals surface area contributed by atoms with Crippen molar-refractivity contribution in [2.45, 2.75) is 12.5 Å². The summed E-state index contributed by atoms with van der Waals surface area (Å²) >= 11 is 6.06. The first-order chi connectivity index (χ1) is 13.1. The minimum atomic E-state index is -0.812. The molecule has 1 aliphatic rings. The number of amides is 1. The maximum absolute atomic E-state index is 12.9. The summed E-state index contributed by atoms with van der Waals surface area (Å²) in [6, 6.07) is 10.5. The Morgan fingerprint density at radius 3 is 2.85 bits per heavy atom. The molecule has 2 aromatic rings. The van der Waals surface area contributed by atoms with Crippen molar-refractivity contribution in [2.24, 2.45) is 5.92 Å². The zero-order chi connectivity index (χ0) is 19.2. The summed E-state index contributed by atoms with van der Waals surface area (Å²) in [6.07, 6.45) is 2.58. The molecule has 1 fully saturated rings. The summed E-state index contributed by atoms with van der Waals surface area (Å²) in [6.45, 7) is 1.95. The molecule has 1 N–H and O–H groups in total. The van der Waals surface area contributed by atoms with Crippen LogP contribution in [0.3, 0.4) is 0 Å². The first kappa shape index (κ1) is 19.3. The highest BCUT2D eigenvalue weighted by Crippen LogP contribution is 2.20. The molecule has 1 aliphatic heterocycles. The average molecular weight is 386 g/mol. The molecule has 1 aromatic heterocycles. The van der Waals surface area contributed by atoms with Gasteiger partial charge in [-0.25, -0.2) is 0 Å². The Kier molecular flexibility index (Phi) is 6.40. The predicted octanol–water partition coefficient (Wildman–Crippen LogP) is 2.36.